The first kappa shape index (κ1) is 20.8. The Balaban J connectivity index is 1.70. The molecule has 0 bridgehead atoms. The molecule has 0 aliphatic heterocycles. The third-order valence-corrected chi connectivity index (χ3v) is 5.46. The molecule has 0 saturated carbocycles. The van der Waals surface area contributed by atoms with Crippen molar-refractivity contribution in [2.75, 3.05) is 11.1 Å². The van der Waals surface area contributed by atoms with E-state index in [9.17, 15) is 14.9 Å². The zero-order valence-electron chi connectivity index (χ0n) is 15.8. The number of nitrogens with one attached hydrogen (secondary N) is 1. The summed E-state index contributed by atoms with van der Waals surface area (Å²) in [6.45, 7) is 4.21. The lowest BCUT2D eigenvalue weighted by Gasteiger charge is -2.09. The van der Waals surface area contributed by atoms with E-state index in [1.807, 2.05) is 23.6 Å². The normalized spacial score (nSPS) is 10.7. The van der Waals surface area contributed by atoms with Gasteiger partial charge in [-0.05, 0) is 44.2 Å². The highest BCUT2D eigenvalue weighted by Crippen LogP contribution is 2.27. The van der Waals surface area contributed by atoms with Gasteiger partial charge in [-0.15, -0.1) is 10.2 Å². The van der Waals surface area contributed by atoms with Gasteiger partial charge in [0.2, 0.25) is 5.91 Å². The van der Waals surface area contributed by atoms with Crippen LogP contribution in [0.25, 0.3) is 11.4 Å². The number of thioether (sulfide) groups is 1. The Kier molecular flexibility index (Phi) is 6.50. The molecule has 3 rings (SSSR count). The molecular weight excluding hydrogens is 414 g/mol. The fourth-order valence-electron chi connectivity index (χ4n) is 2.77. The molecule has 2 aromatic carbocycles. The van der Waals surface area contributed by atoms with Crippen LogP contribution in [0.4, 0.5) is 11.4 Å². The number of aromatic nitrogens is 3. The van der Waals surface area contributed by atoms with Crippen LogP contribution in [0.5, 0.6) is 0 Å². The Bertz CT molecular complexity index is 1050. The largest absolute Gasteiger partial charge is 0.325 e. The Labute approximate surface area is 176 Å². The minimum Gasteiger partial charge on any atom is -0.325 e. The maximum atomic E-state index is 12.4. The highest BCUT2D eigenvalue weighted by Gasteiger charge is 2.17. The van der Waals surface area contributed by atoms with Crippen molar-refractivity contribution in [1.82, 2.24) is 14.8 Å². The van der Waals surface area contributed by atoms with E-state index in [4.69, 9.17) is 11.6 Å². The Morgan fingerprint density at radius 3 is 2.62 bits per heavy atom. The summed E-state index contributed by atoms with van der Waals surface area (Å²) < 4.78 is 1.92. The van der Waals surface area contributed by atoms with Crippen molar-refractivity contribution in [1.29, 1.82) is 0 Å². The molecule has 0 spiro atoms. The molecule has 0 aliphatic rings. The van der Waals surface area contributed by atoms with Crippen molar-refractivity contribution in [3.63, 3.8) is 0 Å². The predicted octanol–water partition coefficient (Wildman–Crippen LogP) is 4.57. The summed E-state index contributed by atoms with van der Waals surface area (Å²) in [5, 5.41) is 23.4. The monoisotopic (exact) mass is 431 g/mol. The summed E-state index contributed by atoms with van der Waals surface area (Å²) in [4.78, 5) is 22.9. The molecule has 0 fully saturated rings. The number of carbonyl (C=O) groups is 1. The van der Waals surface area contributed by atoms with Crippen molar-refractivity contribution in [3.05, 3.63) is 63.2 Å². The molecule has 0 radical (unpaired) electrons. The fraction of sp³-hybridized carbons (Fsp3) is 0.211. The minimum atomic E-state index is -0.470. The first-order valence-corrected chi connectivity index (χ1v) is 10.1. The zero-order chi connectivity index (χ0) is 21.0. The van der Waals surface area contributed by atoms with E-state index < -0.39 is 4.92 Å². The molecule has 0 atom stereocenters. The van der Waals surface area contributed by atoms with Crippen LogP contribution in [0.15, 0.2) is 47.6 Å². The van der Waals surface area contributed by atoms with Crippen LogP contribution in [0.2, 0.25) is 5.02 Å². The molecule has 150 valence electrons. The van der Waals surface area contributed by atoms with Gasteiger partial charge in [0.15, 0.2) is 11.0 Å². The van der Waals surface area contributed by atoms with Crippen molar-refractivity contribution < 1.29 is 9.72 Å². The topological polar surface area (TPSA) is 103 Å². The van der Waals surface area contributed by atoms with Crippen LogP contribution in [-0.4, -0.2) is 31.3 Å². The number of amides is 1. The van der Waals surface area contributed by atoms with Crippen LogP contribution in [0, 0.1) is 17.0 Å². The Hall–Kier alpha value is -2.91. The number of benzene rings is 2. The Morgan fingerprint density at radius 2 is 1.97 bits per heavy atom. The molecule has 1 N–H and O–H groups in total. The molecule has 10 heteroatoms. The number of rotatable bonds is 7. The molecule has 1 amide bonds. The second kappa shape index (κ2) is 9.06. The van der Waals surface area contributed by atoms with Gasteiger partial charge in [-0.1, -0.05) is 29.4 Å². The van der Waals surface area contributed by atoms with E-state index in [0.717, 1.165) is 5.56 Å². The lowest BCUT2D eigenvalue weighted by atomic mass is 10.1. The molecule has 8 nitrogen and oxygen atoms in total. The van der Waals surface area contributed by atoms with Gasteiger partial charge in [0.25, 0.3) is 5.69 Å². The van der Waals surface area contributed by atoms with E-state index in [0.29, 0.717) is 33.8 Å². The van der Waals surface area contributed by atoms with E-state index >= 15 is 0 Å². The van der Waals surface area contributed by atoms with Gasteiger partial charge in [0.05, 0.1) is 21.9 Å². The van der Waals surface area contributed by atoms with E-state index in [2.05, 4.69) is 15.5 Å². The third kappa shape index (κ3) is 4.75. The summed E-state index contributed by atoms with van der Waals surface area (Å²) in [5.74, 6) is 0.514. The second-order valence-electron chi connectivity index (χ2n) is 6.10. The smallest absolute Gasteiger partial charge is 0.274 e. The molecule has 3 aromatic rings. The summed E-state index contributed by atoms with van der Waals surface area (Å²) >= 11 is 7.19. The molecule has 1 aromatic heterocycles. The number of hydrogen-bond donors (Lipinski definition) is 1. The maximum absolute atomic E-state index is 12.4. The maximum Gasteiger partial charge on any atom is 0.274 e. The van der Waals surface area contributed by atoms with Gasteiger partial charge in [-0.3, -0.25) is 14.9 Å². The summed E-state index contributed by atoms with van der Waals surface area (Å²) in [5.41, 5.74) is 1.68. The van der Waals surface area contributed by atoms with Crippen LogP contribution in [-0.2, 0) is 11.3 Å². The number of nitro benzene ring substituents is 1. The number of hydrogen-bond acceptors (Lipinski definition) is 6. The van der Waals surface area contributed by atoms with Crippen LogP contribution in [0.3, 0.4) is 0 Å². The minimum absolute atomic E-state index is 0.0335. The molecular formula is C19H18ClN5O3S. The highest BCUT2D eigenvalue weighted by atomic mass is 35.5. The van der Waals surface area contributed by atoms with E-state index in [-0.39, 0.29) is 17.3 Å². The van der Waals surface area contributed by atoms with Gasteiger partial charge < -0.3 is 9.88 Å². The number of anilines is 1. The molecule has 0 aliphatic carbocycles. The number of carbonyl (C=O) groups excluding carboxylic acids is 1. The van der Waals surface area contributed by atoms with Gasteiger partial charge in [-0.2, -0.15) is 0 Å². The number of halogens is 1. The van der Waals surface area contributed by atoms with Gasteiger partial charge in [0, 0.05) is 23.2 Å². The van der Waals surface area contributed by atoms with Crippen LogP contribution < -0.4 is 5.32 Å². The molecule has 1 heterocycles. The van der Waals surface area contributed by atoms with Gasteiger partial charge >= 0.3 is 0 Å². The lowest BCUT2D eigenvalue weighted by Crippen LogP contribution is -2.15. The van der Waals surface area contributed by atoms with Gasteiger partial charge in [0.1, 0.15) is 0 Å². The first-order valence-electron chi connectivity index (χ1n) is 8.76. The van der Waals surface area contributed by atoms with Crippen molar-refractivity contribution >= 4 is 40.6 Å². The quantitative estimate of drug-likeness (QED) is 0.334. The third-order valence-electron chi connectivity index (χ3n) is 4.24. The highest BCUT2D eigenvalue weighted by molar-refractivity contribution is 7.99. The van der Waals surface area contributed by atoms with Crippen molar-refractivity contribution in [2.24, 2.45) is 0 Å². The Morgan fingerprint density at radius 1 is 1.24 bits per heavy atom. The number of nitro groups is 1. The summed E-state index contributed by atoms with van der Waals surface area (Å²) in [6.07, 6.45) is 0. The summed E-state index contributed by atoms with van der Waals surface area (Å²) in [6, 6.07) is 11.9. The average Bonchev–Trinajstić information content (AvgIpc) is 3.11. The first-order chi connectivity index (χ1) is 13.9. The number of nitrogens with zero attached hydrogens (tertiary/aromatic N) is 4. The molecule has 0 unspecified atom stereocenters. The second-order valence-corrected chi connectivity index (χ2v) is 7.48. The lowest BCUT2D eigenvalue weighted by molar-refractivity contribution is -0.385. The zero-order valence-corrected chi connectivity index (χ0v) is 17.3. The fourth-order valence-corrected chi connectivity index (χ4v) is 3.69. The molecule has 0 saturated heterocycles. The standard InChI is InChI=1S/C19H18ClN5O3S/c1-3-24-18(13-7-9-14(20)10-8-13)22-23-19(24)29-11-17(26)21-15-5-4-6-16(12(15)2)25(27)28/h4-10H,3,11H2,1-2H3,(H,21,26). The van der Waals surface area contributed by atoms with E-state index in [1.54, 1.807) is 31.2 Å². The average molecular weight is 432 g/mol. The van der Waals surface area contributed by atoms with E-state index in [1.165, 1.54) is 17.8 Å². The van der Waals surface area contributed by atoms with Crippen LogP contribution >= 0.6 is 23.4 Å². The van der Waals surface area contributed by atoms with Crippen molar-refractivity contribution in [3.8, 4) is 11.4 Å². The summed E-state index contributed by atoms with van der Waals surface area (Å²) in [7, 11) is 0. The molecule has 29 heavy (non-hydrogen) atoms. The van der Waals surface area contributed by atoms with Crippen molar-refractivity contribution in [2.45, 2.75) is 25.5 Å². The van der Waals surface area contributed by atoms with Crippen LogP contribution in [0.1, 0.15) is 12.5 Å². The van der Waals surface area contributed by atoms with Gasteiger partial charge in [-0.25, -0.2) is 0 Å². The SMILES string of the molecule is CCn1c(SCC(=O)Nc2cccc([N+](=O)[O-])c2C)nnc1-c1ccc(Cl)cc1. The predicted molar refractivity (Wildman–Crippen MR) is 113 cm³/mol.